The number of halogens is 2. The molecule has 0 atom stereocenters. The summed E-state index contributed by atoms with van der Waals surface area (Å²) in [5.41, 5.74) is 4.10. The maximum absolute atomic E-state index is 12.7. The molecule has 4 nitrogen and oxygen atoms in total. The Hall–Kier alpha value is -2.69. The van der Waals surface area contributed by atoms with Crippen molar-refractivity contribution in [2.24, 2.45) is 0 Å². The SMILES string of the molecule is CCOc1ccc(C(=O)Nc2ccc(Cl)c(Cl)c2)cc1COc1cc(C)cc(C)c1. The molecule has 0 saturated heterocycles. The van der Waals surface area contributed by atoms with E-state index in [1.165, 1.54) is 0 Å². The predicted molar refractivity (Wildman–Crippen MR) is 122 cm³/mol. The zero-order chi connectivity index (χ0) is 21.7. The van der Waals surface area contributed by atoms with E-state index >= 15 is 0 Å². The van der Waals surface area contributed by atoms with Crippen molar-refractivity contribution in [2.75, 3.05) is 11.9 Å². The molecule has 0 unspecified atom stereocenters. The zero-order valence-corrected chi connectivity index (χ0v) is 18.6. The van der Waals surface area contributed by atoms with Gasteiger partial charge in [-0.25, -0.2) is 0 Å². The van der Waals surface area contributed by atoms with E-state index < -0.39 is 0 Å². The number of nitrogens with one attached hydrogen (secondary N) is 1. The summed E-state index contributed by atoms with van der Waals surface area (Å²) < 4.78 is 11.7. The molecule has 0 aliphatic carbocycles. The molecule has 0 aliphatic rings. The van der Waals surface area contributed by atoms with Gasteiger partial charge in [-0.15, -0.1) is 0 Å². The Kier molecular flexibility index (Phi) is 7.24. The molecule has 0 aromatic heterocycles. The van der Waals surface area contributed by atoms with Gasteiger partial charge in [0, 0.05) is 16.8 Å². The van der Waals surface area contributed by atoms with Crippen molar-refractivity contribution in [1.82, 2.24) is 0 Å². The van der Waals surface area contributed by atoms with Crippen molar-refractivity contribution >= 4 is 34.8 Å². The third-order valence-electron chi connectivity index (χ3n) is 4.39. The number of anilines is 1. The van der Waals surface area contributed by atoms with Crippen LogP contribution < -0.4 is 14.8 Å². The van der Waals surface area contributed by atoms with E-state index in [-0.39, 0.29) is 12.5 Å². The molecule has 0 fully saturated rings. The van der Waals surface area contributed by atoms with Gasteiger partial charge in [0.15, 0.2) is 0 Å². The lowest BCUT2D eigenvalue weighted by Crippen LogP contribution is -2.13. The molecule has 6 heteroatoms. The molecule has 0 bridgehead atoms. The summed E-state index contributed by atoms with van der Waals surface area (Å²) in [4.78, 5) is 12.7. The summed E-state index contributed by atoms with van der Waals surface area (Å²) in [5, 5.41) is 3.64. The Morgan fingerprint density at radius 3 is 2.30 bits per heavy atom. The Bertz CT molecular complexity index is 1050. The summed E-state index contributed by atoms with van der Waals surface area (Å²) in [5.74, 6) is 1.21. The fraction of sp³-hybridized carbons (Fsp3) is 0.208. The number of ether oxygens (including phenoxy) is 2. The summed E-state index contributed by atoms with van der Waals surface area (Å²) in [6, 6.07) is 16.3. The van der Waals surface area contributed by atoms with Crippen LogP contribution in [0.2, 0.25) is 10.0 Å². The first-order valence-electron chi connectivity index (χ1n) is 9.59. The second-order valence-corrected chi connectivity index (χ2v) is 7.77. The number of benzene rings is 3. The summed E-state index contributed by atoms with van der Waals surface area (Å²) in [6.07, 6.45) is 0. The minimum atomic E-state index is -0.260. The van der Waals surface area contributed by atoms with E-state index in [1.807, 2.05) is 32.9 Å². The first-order chi connectivity index (χ1) is 14.4. The number of aryl methyl sites for hydroxylation is 2. The molecule has 156 valence electrons. The Morgan fingerprint density at radius 2 is 1.63 bits per heavy atom. The fourth-order valence-corrected chi connectivity index (χ4v) is 3.38. The molecule has 0 aliphatic heterocycles. The van der Waals surface area contributed by atoms with E-state index in [0.29, 0.717) is 33.7 Å². The number of amides is 1. The highest BCUT2D eigenvalue weighted by Gasteiger charge is 2.13. The van der Waals surface area contributed by atoms with Crippen LogP contribution in [0.4, 0.5) is 5.69 Å². The van der Waals surface area contributed by atoms with Crippen molar-refractivity contribution in [3.8, 4) is 11.5 Å². The molecular formula is C24H23Cl2NO3. The lowest BCUT2D eigenvalue weighted by Gasteiger charge is -2.14. The van der Waals surface area contributed by atoms with E-state index in [9.17, 15) is 4.79 Å². The van der Waals surface area contributed by atoms with Crippen LogP contribution in [-0.4, -0.2) is 12.5 Å². The molecular weight excluding hydrogens is 421 g/mol. The minimum absolute atomic E-state index is 0.260. The molecule has 0 saturated carbocycles. The van der Waals surface area contributed by atoms with Gasteiger partial charge in [-0.1, -0.05) is 29.3 Å². The van der Waals surface area contributed by atoms with Crippen LogP contribution in [0.25, 0.3) is 0 Å². The molecule has 0 heterocycles. The molecule has 30 heavy (non-hydrogen) atoms. The Morgan fingerprint density at radius 1 is 0.900 bits per heavy atom. The monoisotopic (exact) mass is 443 g/mol. The lowest BCUT2D eigenvalue weighted by atomic mass is 10.1. The predicted octanol–water partition coefficient (Wildman–Crippen LogP) is 6.84. The Labute approximate surface area is 186 Å². The van der Waals surface area contributed by atoms with Gasteiger partial charge < -0.3 is 14.8 Å². The van der Waals surface area contributed by atoms with Gasteiger partial charge in [0.1, 0.15) is 18.1 Å². The van der Waals surface area contributed by atoms with Gasteiger partial charge in [-0.3, -0.25) is 4.79 Å². The molecule has 3 aromatic carbocycles. The zero-order valence-electron chi connectivity index (χ0n) is 17.1. The van der Waals surface area contributed by atoms with E-state index in [1.54, 1.807) is 36.4 Å². The highest BCUT2D eigenvalue weighted by Crippen LogP contribution is 2.27. The fourth-order valence-electron chi connectivity index (χ4n) is 3.08. The molecule has 0 radical (unpaired) electrons. The van der Waals surface area contributed by atoms with Gasteiger partial charge >= 0.3 is 0 Å². The smallest absolute Gasteiger partial charge is 0.255 e. The van der Waals surface area contributed by atoms with Crippen LogP contribution in [0, 0.1) is 13.8 Å². The minimum Gasteiger partial charge on any atom is -0.493 e. The molecule has 1 amide bonds. The molecule has 0 spiro atoms. The van der Waals surface area contributed by atoms with Crippen LogP contribution in [-0.2, 0) is 6.61 Å². The van der Waals surface area contributed by atoms with Crippen molar-refractivity contribution in [3.63, 3.8) is 0 Å². The summed E-state index contributed by atoms with van der Waals surface area (Å²) in [7, 11) is 0. The highest BCUT2D eigenvalue weighted by molar-refractivity contribution is 6.42. The van der Waals surface area contributed by atoms with Crippen LogP contribution in [0.5, 0.6) is 11.5 Å². The maximum atomic E-state index is 12.7. The molecule has 3 rings (SSSR count). The van der Waals surface area contributed by atoms with Crippen molar-refractivity contribution < 1.29 is 14.3 Å². The second-order valence-electron chi connectivity index (χ2n) is 6.95. The summed E-state index contributed by atoms with van der Waals surface area (Å²) in [6.45, 7) is 6.77. The third kappa shape index (κ3) is 5.68. The number of rotatable bonds is 7. The number of carbonyl (C=O) groups is 1. The number of hydrogen-bond donors (Lipinski definition) is 1. The maximum Gasteiger partial charge on any atom is 0.255 e. The van der Waals surface area contributed by atoms with Crippen molar-refractivity contribution in [2.45, 2.75) is 27.4 Å². The topological polar surface area (TPSA) is 47.6 Å². The van der Waals surface area contributed by atoms with Gasteiger partial charge in [-0.05, 0) is 80.4 Å². The van der Waals surface area contributed by atoms with Crippen LogP contribution >= 0.6 is 23.2 Å². The number of hydrogen-bond acceptors (Lipinski definition) is 3. The van der Waals surface area contributed by atoms with E-state index in [4.69, 9.17) is 32.7 Å². The molecule has 1 N–H and O–H groups in total. The van der Waals surface area contributed by atoms with Gasteiger partial charge in [0.25, 0.3) is 5.91 Å². The van der Waals surface area contributed by atoms with Crippen molar-refractivity contribution in [3.05, 3.63) is 86.9 Å². The largest absolute Gasteiger partial charge is 0.493 e. The first kappa shape index (κ1) is 22.0. The Balaban J connectivity index is 1.80. The summed E-state index contributed by atoms with van der Waals surface area (Å²) >= 11 is 12.0. The average molecular weight is 444 g/mol. The quantitative estimate of drug-likeness (QED) is 0.434. The third-order valence-corrected chi connectivity index (χ3v) is 5.13. The average Bonchev–Trinajstić information content (AvgIpc) is 2.69. The van der Waals surface area contributed by atoms with Crippen LogP contribution in [0.1, 0.15) is 34.0 Å². The van der Waals surface area contributed by atoms with Crippen LogP contribution in [0.15, 0.2) is 54.6 Å². The lowest BCUT2D eigenvalue weighted by molar-refractivity contribution is 0.102. The first-order valence-corrected chi connectivity index (χ1v) is 10.3. The standard InChI is InChI=1S/C24H23Cl2NO3/c1-4-29-23-8-5-17(24(28)27-19-6-7-21(25)22(26)13-19)12-18(23)14-30-20-10-15(2)9-16(3)11-20/h5-13H,4,14H2,1-3H3,(H,27,28). The van der Waals surface area contributed by atoms with Gasteiger partial charge in [0.2, 0.25) is 0 Å². The molecule has 3 aromatic rings. The van der Waals surface area contributed by atoms with Gasteiger partial charge in [0.05, 0.1) is 16.7 Å². The number of carbonyl (C=O) groups excluding carboxylic acids is 1. The highest BCUT2D eigenvalue weighted by atomic mass is 35.5. The van der Waals surface area contributed by atoms with E-state index in [0.717, 1.165) is 22.4 Å². The second kappa shape index (κ2) is 9.88. The van der Waals surface area contributed by atoms with E-state index in [2.05, 4.69) is 11.4 Å². The normalized spacial score (nSPS) is 10.6. The van der Waals surface area contributed by atoms with Gasteiger partial charge in [-0.2, -0.15) is 0 Å². The van der Waals surface area contributed by atoms with Crippen LogP contribution in [0.3, 0.4) is 0 Å². The van der Waals surface area contributed by atoms with Crippen molar-refractivity contribution in [1.29, 1.82) is 0 Å².